The second kappa shape index (κ2) is 4.77. The Kier molecular flexibility index (Phi) is 3.05. The van der Waals surface area contributed by atoms with E-state index < -0.39 is 10.2 Å². The summed E-state index contributed by atoms with van der Waals surface area (Å²) in [5.74, 6) is 0.977. The monoisotopic (exact) mass is 308 g/mol. The van der Waals surface area contributed by atoms with Gasteiger partial charge in [0.25, 0.3) is 0 Å². The van der Waals surface area contributed by atoms with Crippen LogP contribution in [0, 0.1) is 6.92 Å². The molecule has 0 bridgehead atoms. The molecule has 3 N–H and O–H groups in total. The Morgan fingerprint density at radius 1 is 1.43 bits per heavy atom. The summed E-state index contributed by atoms with van der Waals surface area (Å²) in [6.07, 6.45) is 0. The summed E-state index contributed by atoms with van der Waals surface area (Å²) < 4.78 is 39.2. The van der Waals surface area contributed by atoms with Crippen molar-refractivity contribution in [1.82, 2.24) is 5.16 Å². The maximum atomic E-state index is 11.5. The highest BCUT2D eigenvalue weighted by molar-refractivity contribution is 7.91. The van der Waals surface area contributed by atoms with Crippen molar-refractivity contribution in [3.8, 4) is 5.75 Å². The lowest BCUT2D eigenvalue weighted by atomic mass is 10.1. The molecule has 1 aliphatic heterocycles. The van der Waals surface area contributed by atoms with Gasteiger partial charge >= 0.3 is 10.2 Å². The molecule has 8 nitrogen and oxygen atoms in total. The molecule has 0 aliphatic carbocycles. The first-order valence-corrected chi connectivity index (χ1v) is 7.45. The lowest BCUT2D eigenvalue weighted by Gasteiger charge is -2.18. The van der Waals surface area contributed by atoms with Crippen LogP contribution < -0.4 is 15.2 Å². The molecule has 2 aromatic rings. The average molecular weight is 308 g/mol. The maximum Gasteiger partial charge on any atom is 0.344 e. The minimum absolute atomic E-state index is 0.115. The quantitative estimate of drug-likeness (QED) is 0.870. The van der Waals surface area contributed by atoms with E-state index in [9.17, 15) is 8.42 Å². The summed E-state index contributed by atoms with van der Waals surface area (Å²) in [5, 5.41) is 3.81. The highest BCUT2D eigenvalue weighted by Gasteiger charge is 2.24. The molecule has 0 amide bonds. The first kappa shape index (κ1) is 13.4. The molecule has 0 atom stereocenters. The van der Waals surface area contributed by atoms with Gasteiger partial charge in [-0.3, -0.25) is 4.72 Å². The Bertz CT molecular complexity index is 826. The van der Waals surface area contributed by atoms with E-state index in [4.69, 9.17) is 15.0 Å². The maximum absolute atomic E-state index is 11.5. The number of amidine groups is 1. The summed E-state index contributed by atoms with van der Waals surface area (Å²) in [4.78, 5) is 0. The molecule has 0 radical (unpaired) electrons. The largest absolute Gasteiger partial charge is 0.486 e. The summed E-state index contributed by atoms with van der Waals surface area (Å²) in [5.41, 5.74) is 7.07. The predicted octanol–water partition coefficient (Wildman–Crippen LogP) is 0.938. The van der Waals surface area contributed by atoms with Crippen LogP contribution >= 0.6 is 0 Å². The van der Waals surface area contributed by atoms with E-state index in [0.29, 0.717) is 28.5 Å². The van der Waals surface area contributed by atoms with Gasteiger partial charge in [0.15, 0.2) is 5.84 Å². The Labute approximate surface area is 120 Å². The van der Waals surface area contributed by atoms with E-state index in [1.165, 1.54) is 0 Å². The SMILES string of the molecule is Cc1cc(COc2cccc3c2C(N)=NS(=O)(=O)N3)no1. The zero-order valence-corrected chi connectivity index (χ0v) is 11.8. The molecule has 3 rings (SSSR count). The highest BCUT2D eigenvalue weighted by atomic mass is 32.2. The molecule has 1 aromatic heterocycles. The lowest BCUT2D eigenvalue weighted by Crippen LogP contribution is -2.26. The lowest BCUT2D eigenvalue weighted by molar-refractivity contribution is 0.287. The molecule has 0 fully saturated rings. The smallest absolute Gasteiger partial charge is 0.344 e. The minimum atomic E-state index is -3.80. The number of nitrogens with one attached hydrogen (secondary N) is 1. The Morgan fingerprint density at radius 3 is 2.95 bits per heavy atom. The van der Waals surface area contributed by atoms with Crippen LogP contribution in [0.4, 0.5) is 5.69 Å². The summed E-state index contributed by atoms with van der Waals surface area (Å²) in [7, 11) is -3.80. The standard InChI is InChI=1S/C12H12N4O4S/c1-7-5-8(14-20-7)6-19-10-4-2-3-9-11(10)12(13)16-21(17,18)15-9/h2-5,15H,6H2,1H3,(H2,13,16). The number of nitrogens with zero attached hydrogens (tertiary/aromatic N) is 2. The van der Waals surface area contributed by atoms with Gasteiger partial charge < -0.3 is 15.0 Å². The van der Waals surface area contributed by atoms with E-state index in [-0.39, 0.29) is 12.4 Å². The van der Waals surface area contributed by atoms with Crippen molar-refractivity contribution >= 4 is 21.7 Å². The number of aromatic nitrogens is 1. The number of ether oxygens (including phenoxy) is 1. The van der Waals surface area contributed by atoms with Crippen molar-refractivity contribution in [2.24, 2.45) is 10.1 Å². The average Bonchev–Trinajstić information content (AvgIpc) is 2.80. The van der Waals surface area contributed by atoms with E-state index in [2.05, 4.69) is 14.3 Å². The Balaban J connectivity index is 1.91. The number of rotatable bonds is 3. The number of nitrogens with two attached hydrogens (primary N) is 1. The molecule has 0 spiro atoms. The van der Waals surface area contributed by atoms with Gasteiger partial charge in [0, 0.05) is 6.07 Å². The van der Waals surface area contributed by atoms with Crippen molar-refractivity contribution in [2.45, 2.75) is 13.5 Å². The molecule has 0 saturated carbocycles. The molecule has 1 aliphatic rings. The number of aryl methyl sites for hydroxylation is 1. The number of fused-ring (bicyclic) bond motifs is 1. The normalized spacial score (nSPS) is 15.8. The van der Waals surface area contributed by atoms with Crippen LogP contribution in [0.5, 0.6) is 5.75 Å². The molecule has 9 heteroatoms. The van der Waals surface area contributed by atoms with Crippen molar-refractivity contribution < 1.29 is 17.7 Å². The summed E-state index contributed by atoms with van der Waals surface area (Å²) in [6.45, 7) is 1.95. The van der Waals surface area contributed by atoms with Crippen LogP contribution in [0.3, 0.4) is 0 Å². The molecule has 2 heterocycles. The molecular weight excluding hydrogens is 296 g/mol. The van der Waals surface area contributed by atoms with Gasteiger partial charge in [0.2, 0.25) is 0 Å². The third-order valence-corrected chi connectivity index (χ3v) is 3.71. The summed E-state index contributed by atoms with van der Waals surface area (Å²) in [6, 6.07) is 6.66. The van der Waals surface area contributed by atoms with E-state index in [1.54, 1.807) is 31.2 Å². The first-order chi connectivity index (χ1) is 9.94. The minimum Gasteiger partial charge on any atom is -0.486 e. The Hall–Kier alpha value is -2.55. The van der Waals surface area contributed by atoms with Crippen LogP contribution in [-0.4, -0.2) is 19.4 Å². The molecule has 0 saturated heterocycles. The Morgan fingerprint density at radius 2 is 2.24 bits per heavy atom. The topological polar surface area (TPSA) is 120 Å². The van der Waals surface area contributed by atoms with Gasteiger partial charge in [0.05, 0.1) is 11.3 Å². The van der Waals surface area contributed by atoms with Crippen LogP contribution in [0.25, 0.3) is 0 Å². The van der Waals surface area contributed by atoms with Crippen LogP contribution in [0.1, 0.15) is 17.0 Å². The molecule has 1 aromatic carbocycles. The molecule has 21 heavy (non-hydrogen) atoms. The van der Waals surface area contributed by atoms with Crippen molar-refractivity contribution in [1.29, 1.82) is 0 Å². The van der Waals surface area contributed by atoms with Crippen molar-refractivity contribution in [3.63, 3.8) is 0 Å². The fraction of sp³-hybridized carbons (Fsp3) is 0.167. The van der Waals surface area contributed by atoms with Crippen molar-refractivity contribution in [3.05, 3.63) is 41.3 Å². The van der Waals surface area contributed by atoms with E-state index in [0.717, 1.165) is 0 Å². The van der Waals surface area contributed by atoms with Gasteiger partial charge in [-0.2, -0.15) is 8.42 Å². The molecule has 0 unspecified atom stereocenters. The number of benzene rings is 1. The molecular formula is C12H12N4O4S. The zero-order chi connectivity index (χ0) is 15.0. The van der Waals surface area contributed by atoms with Gasteiger partial charge in [-0.15, -0.1) is 4.40 Å². The van der Waals surface area contributed by atoms with Gasteiger partial charge in [-0.05, 0) is 19.1 Å². The van der Waals surface area contributed by atoms with Gasteiger partial charge in [-0.25, -0.2) is 0 Å². The fourth-order valence-electron chi connectivity index (χ4n) is 1.98. The van der Waals surface area contributed by atoms with Crippen LogP contribution in [0.2, 0.25) is 0 Å². The number of hydrogen-bond donors (Lipinski definition) is 2. The predicted molar refractivity (Wildman–Crippen MR) is 75.3 cm³/mol. The van der Waals surface area contributed by atoms with Crippen LogP contribution in [0.15, 0.2) is 33.2 Å². The fourth-order valence-corrected chi connectivity index (χ4v) is 2.82. The van der Waals surface area contributed by atoms with E-state index >= 15 is 0 Å². The highest BCUT2D eigenvalue weighted by Crippen LogP contribution is 2.30. The molecule has 110 valence electrons. The second-order valence-corrected chi connectivity index (χ2v) is 5.79. The van der Waals surface area contributed by atoms with Crippen LogP contribution in [-0.2, 0) is 16.8 Å². The zero-order valence-electron chi connectivity index (χ0n) is 11.0. The van der Waals surface area contributed by atoms with Crippen molar-refractivity contribution in [2.75, 3.05) is 4.72 Å². The summed E-state index contributed by atoms with van der Waals surface area (Å²) >= 11 is 0. The number of anilines is 1. The van der Waals surface area contributed by atoms with E-state index in [1.807, 2.05) is 0 Å². The third kappa shape index (κ3) is 2.68. The van der Waals surface area contributed by atoms with Gasteiger partial charge in [-0.1, -0.05) is 11.2 Å². The number of hydrogen-bond acceptors (Lipinski definition) is 6. The first-order valence-electron chi connectivity index (χ1n) is 6.01. The van der Waals surface area contributed by atoms with Gasteiger partial charge in [0.1, 0.15) is 23.8 Å². The second-order valence-electron chi connectivity index (χ2n) is 4.45. The third-order valence-electron chi connectivity index (χ3n) is 2.79.